The van der Waals surface area contributed by atoms with Gasteiger partial charge in [-0.15, -0.1) is 0 Å². The first-order valence-electron chi connectivity index (χ1n) is 6.63. The molecular formula is C13H24N2O4. The van der Waals surface area contributed by atoms with Crippen molar-refractivity contribution in [2.45, 2.75) is 70.1 Å². The lowest BCUT2D eigenvalue weighted by molar-refractivity contribution is -0.137. The molecule has 1 aliphatic rings. The summed E-state index contributed by atoms with van der Waals surface area (Å²) in [4.78, 5) is 22.4. The first-order chi connectivity index (χ1) is 8.65. The van der Waals surface area contributed by atoms with Crippen LogP contribution in [0.1, 0.15) is 52.9 Å². The number of carboxylic acids is 1. The van der Waals surface area contributed by atoms with Crippen molar-refractivity contribution in [1.82, 2.24) is 5.32 Å². The molecule has 19 heavy (non-hydrogen) atoms. The molecule has 4 N–H and O–H groups in total. The fourth-order valence-corrected chi connectivity index (χ4v) is 2.21. The number of nitrogens with one attached hydrogen (secondary N) is 1. The van der Waals surface area contributed by atoms with Crippen molar-refractivity contribution in [3.05, 3.63) is 0 Å². The van der Waals surface area contributed by atoms with Gasteiger partial charge in [0.15, 0.2) is 0 Å². The van der Waals surface area contributed by atoms with Crippen LogP contribution in [0.5, 0.6) is 0 Å². The van der Waals surface area contributed by atoms with E-state index in [1.165, 1.54) is 0 Å². The van der Waals surface area contributed by atoms with Crippen molar-refractivity contribution >= 4 is 12.1 Å². The summed E-state index contributed by atoms with van der Waals surface area (Å²) in [5.74, 6) is -0.873. The number of hydrogen-bond acceptors (Lipinski definition) is 4. The summed E-state index contributed by atoms with van der Waals surface area (Å²) in [6, 6.07) is -0.357. The van der Waals surface area contributed by atoms with Crippen LogP contribution in [-0.2, 0) is 9.53 Å². The molecule has 0 aliphatic heterocycles. The largest absolute Gasteiger partial charge is 0.481 e. The van der Waals surface area contributed by atoms with Crippen LogP contribution in [0.2, 0.25) is 0 Å². The SMILES string of the molecule is CC(C)(C)OC(=O)NC1(C(N)CCC(=O)O)CCC1. The highest BCUT2D eigenvalue weighted by atomic mass is 16.6. The van der Waals surface area contributed by atoms with Gasteiger partial charge < -0.3 is 20.9 Å². The lowest BCUT2D eigenvalue weighted by atomic mass is 9.70. The molecule has 1 atom stereocenters. The van der Waals surface area contributed by atoms with E-state index in [9.17, 15) is 9.59 Å². The van der Waals surface area contributed by atoms with Crippen LogP contribution < -0.4 is 11.1 Å². The molecule has 110 valence electrons. The summed E-state index contributed by atoms with van der Waals surface area (Å²) < 4.78 is 5.22. The second-order valence-electron chi connectivity index (χ2n) is 6.18. The van der Waals surface area contributed by atoms with E-state index in [-0.39, 0.29) is 12.5 Å². The van der Waals surface area contributed by atoms with Gasteiger partial charge in [-0.05, 0) is 46.5 Å². The van der Waals surface area contributed by atoms with Crippen LogP contribution in [0, 0.1) is 0 Å². The van der Waals surface area contributed by atoms with E-state index < -0.39 is 23.2 Å². The normalized spacial score (nSPS) is 19.2. The molecule has 0 heterocycles. The third kappa shape index (κ3) is 4.70. The van der Waals surface area contributed by atoms with Gasteiger partial charge in [-0.1, -0.05) is 0 Å². The van der Waals surface area contributed by atoms with Crippen molar-refractivity contribution in [2.75, 3.05) is 0 Å². The molecule has 0 aromatic heterocycles. The summed E-state index contributed by atoms with van der Waals surface area (Å²) in [6.07, 6.45) is 2.40. The van der Waals surface area contributed by atoms with Crippen LogP contribution >= 0.6 is 0 Å². The van der Waals surface area contributed by atoms with Crippen molar-refractivity contribution in [1.29, 1.82) is 0 Å². The minimum Gasteiger partial charge on any atom is -0.481 e. The van der Waals surface area contributed by atoms with Crippen molar-refractivity contribution in [3.63, 3.8) is 0 Å². The van der Waals surface area contributed by atoms with E-state index in [2.05, 4.69) is 5.32 Å². The van der Waals surface area contributed by atoms with Crippen molar-refractivity contribution in [3.8, 4) is 0 Å². The number of hydrogen-bond donors (Lipinski definition) is 3. The van der Waals surface area contributed by atoms with Gasteiger partial charge in [0, 0.05) is 12.5 Å². The summed E-state index contributed by atoms with van der Waals surface area (Å²) in [5.41, 5.74) is 4.98. The Bertz CT molecular complexity index is 345. The van der Waals surface area contributed by atoms with Gasteiger partial charge in [0.05, 0.1) is 5.54 Å². The van der Waals surface area contributed by atoms with E-state index in [1.54, 1.807) is 20.8 Å². The van der Waals surface area contributed by atoms with Gasteiger partial charge in [-0.2, -0.15) is 0 Å². The van der Waals surface area contributed by atoms with Crippen LogP contribution in [-0.4, -0.2) is 34.4 Å². The second kappa shape index (κ2) is 5.77. The Hall–Kier alpha value is -1.30. The van der Waals surface area contributed by atoms with Gasteiger partial charge in [0.2, 0.25) is 0 Å². The van der Waals surface area contributed by atoms with Gasteiger partial charge in [0.1, 0.15) is 5.60 Å². The first-order valence-corrected chi connectivity index (χ1v) is 6.63. The number of rotatable bonds is 5. The maximum Gasteiger partial charge on any atom is 0.408 e. The van der Waals surface area contributed by atoms with Crippen LogP contribution in [0.3, 0.4) is 0 Å². The molecular weight excluding hydrogens is 248 g/mol. The number of aliphatic carboxylic acids is 1. The van der Waals surface area contributed by atoms with E-state index in [4.69, 9.17) is 15.6 Å². The maximum atomic E-state index is 11.8. The van der Waals surface area contributed by atoms with Crippen molar-refractivity contribution in [2.24, 2.45) is 5.73 Å². The molecule has 1 fully saturated rings. The molecule has 0 spiro atoms. The molecule has 6 heteroatoms. The summed E-state index contributed by atoms with van der Waals surface area (Å²) in [5, 5.41) is 11.5. The molecule has 6 nitrogen and oxygen atoms in total. The Kier molecular flexibility index (Phi) is 4.79. The third-order valence-corrected chi connectivity index (χ3v) is 3.37. The Labute approximate surface area is 113 Å². The summed E-state index contributed by atoms with van der Waals surface area (Å²) in [7, 11) is 0. The van der Waals surface area contributed by atoms with Gasteiger partial charge >= 0.3 is 12.1 Å². The van der Waals surface area contributed by atoms with E-state index >= 15 is 0 Å². The Morgan fingerprint density at radius 3 is 2.37 bits per heavy atom. The van der Waals surface area contributed by atoms with Gasteiger partial charge in [0.25, 0.3) is 0 Å². The molecule has 0 bridgehead atoms. The standard InChI is InChI=1S/C13H24N2O4/c1-12(2,3)19-11(18)15-13(7-4-8-13)9(14)5-6-10(16)17/h9H,4-8,14H2,1-3H3,(H,15,18)(H,16,17). The third-order valence-electron chi connectivity index (χ3n) is 3.37. The lowest BCUT2D eigenvalue weighted by Crippen LogP contribution is -2.64. The number of amides is 1. The zero-order valence-corrected chi connectivity index (χ0v) is 11.9. The van der Waals surface area contributed by atoms with E-state index in [0.717, 1.165) is 19.3 Å². The zero-order valence-electron chi connectivity index (χ0n) is 11.9. The molecule has 0 aromatic rings. The molecule has 1 amide bonds. The number of carboxylic acid groups (broad SMARTS) is 1. The van der Waals surface area contributed by atoms with E-state index in [0.29, 0.717) is 6.42 Å². The van der Waals surface area contributed by atoms with Crippen LogP contribution in [0.15, 0.2) is 0 Å². The second-order valence-corrected chi connectivity index (χ2v) is 6.18. The molecule has 1 saturated carbocycles. The smallest absolute Gasteiger partial charge is 0.408 e. The summed E-state index contributed by atoms with van der Waals surface area (Å²) >= 11 is 0. The fourth-order valence-electron chi connectivity index (χ4n) is 2.21. The number of ether oxygens (including phenoxy) is 1. The quantitative estimate of drug-likeness (QED) is 0.706. The number of carbonyl (C=O) groups is 2. The van der Waals surface area contributed by atoms with Crippen LogP contribution in [0.4, 0.5) is 4.79 Å². The number of nitrogens with two attached hydrogens (primary N) is 1. The van der Waals surface area contributed by atoms with Crippen molar-refractivity contribution < 1.29 is 19.4 Å². The average molecular weight is 272 g/mol. The molecule has 0 radical (unpaired) electrons. The number of carbonyl (C=O) groups excluding carboxylic acids is 1. The fraction of sp³-hybridized carbons (Fsp3) is 0.846. The minimum absolute atomic E-state index is 0.0128. The van der Waals surface area contributed by atoms with Gasteiger partial charge in [-0.3, -0.25) is 4.79 Å². The highest BCUT2D eigenvalue weighted by Crippen LogP contribution is 2.36. The molecule has 0 aromatic carbocycles. The molecule has 1 rings (SSSR count). The molecule has 0 saturated heterocycles. The zero-order chi connectivity index (χ0) is 14.7. The summed E-state index contributed by atoms with van der Waals surface area (Å²) in [6.45, 7) is 5.39. The Morgan fingerprint density at radius 2 is 2.00 bits per heavy atom. The van der Waals surface area contributed by atoms with Gasteiger partial charge in [-0.25, -0.2) is 4.79 Å². The number of alkyl carbamates (subject to hydrolysis) is 1. The monoisotopic (exact) mass is 272 g/mol. The lowest BCUT2D eigenvalue weighted by Gasteiger charge is -2.46. The highest BCUT2D eigenvalue weighted by Gasteiger charge is 2.44. The highest BCUT2D eigenvalue weighted by molar-refractivity contribution is 5.69. The molecule has 1 aliphatic carbocycles. The molecule has 1 unspecified atom stereocenters. The average Bonchev–Trinajstić information content (AvgIpc) is 2.17. The first kappa shape index (κ1) is 15.8. The Morgan fingerprint density at radius 1 is 1.42 bits per heavy atom. The Balaban J connectivity index is 2.55. The van der Waals surface area contributed by atoms with Crippen LogP contribution in [0.25, 0.3) is 0 Å². The maximum absolute atomic E-state index is 11.8. The topological polar surface area (TPSA) is 102 Å². The predicted molar refractivity (Wildman–Crippen MR) is 70.8 cm³/mol. The predicted octanol–water partition coefficient (Wildman–Crippen LogP) is 1.63. The van der Waals surface area contributed by atoms with E-state index in [1.807, 2.05) is 0 Å². The minimum atomic E-state index is -0.873.